The molecule has 2 aliphatic rings. The molecule has 0 bridgehead atoms. The van der Waals surface area contributed by atoms with Gasteiger partial charge in [-0.15, -0.1) is 0 Å². The van der Waals surface area contributed by atoms with Gasteiger partial charge in [0.25, 0.3) is 0 Å². The Balaban J connectivity index is 1.83. The summed E-state index contributed by atoms with van der Waals surface area (Å²) in [5.41, 5.74) is 4.80. The van der Waals surface area contributed by atoms with E-state index >= 15 is 0 Å². The normalized spacial score (nSPS) is 22.2. The summed E-state index contributed by atoms with van der Waals surface area (Å²) < 4.78 is 38.7. The molecule has 0 radical (unpaired) electrons. The number of carbonyl (C=O) groups excluding carboxylic acids is 1. The van der Waals surface area contributed by atoms with Crippen LogP contribution in [0, 0.1) is 0 Å². The first-order chi connectivity index (χ1) is 9.86. The zero-order chi connectivity index (χ0) is 15.2. The molecule has 2 saturated heterocycles. The molecule has 1 aromatic rings. The predicted molar refractivity (Wildman–Crippen MR) is 72.0 cm³/mol. The fourth-order valence-corrected chi connectivity index (χ4v) is 2.83. The molecule has 21 heavy (non-hydrogen) atoms. The van der Waals surface area contributed by atoms with Crippen LogP contribution in [0.1, 0.15) is 5.56 Å². The number of anilines is 2. The molecule has 2 aliphatic heterocycles. The first-order valence-electron chi connectivity index (χ1n) is 6.62. The Morgan fingerprint density at radius 1 is 1.29 bits per heavy atom. The van der Waals surface area contributed by atoms with Crippen molar-refractivity contribution >= 4 is 17.4 Å². The van der Waals surface area contributed by atoms with Crippen molar-refractivity contribution in [2.24, 2.45) is 0 Å². The summed E-state index contributed by atoms with van der Waals surface area (Å²) in [6, 6.07) is 3.84. The fraction of sp³-hybridized carbons (Fsp3) is 0.462. The van der Waals surface area contributed by atoms with Gasteiger partial charge in [-0.1, -0.05) is 0 Å². The average molecular weight is 300 g/mol. The SMILES string of the molecule is Nc1ccc(N2CCN3C(=O)NCC3C2)cc1C(F)(F)F. The first kappa shape index (κ1) is 13.8. The number of benzene rings is 1. The molecule has 114 valence electrons. The van der Waals surface area contributed by atoms with Gasteiger partial charge < -0.3 is 20.9 Å². The van der Waals surface area contributed by atoms with Crippen molar-refractivity contribution < 1.29 is 18.0 Å². The molecule has 1 atom stereocenters. The largest absolute Gasteiger partial charge is 0.418 e. The van der Waals surface area contributed by atoms with Crippen LogP contribution >= 0.6 is 0 Å². The number of hydrogen-bond acceptors (Lipinski definition) is 3. The fourth-order valence-electron chi connectivity index (χ4n) is 2.83. The van der Waals surface area contributed by atoms with Crippen molar-refractivity contribution in [3.8, 4) is 0 Å². The van der Waals surface area contributed by atoms with Crippen molar-refractivity contribution in [3.63, 3.8) is 0 Å². The quantitative estimate of drug-likeness (QED) is 0.773. The highest BCUT2D eigenvalue weighted by molar-refractivity contribution is 5.77. The van der Waals surface area contributed by atoms with Crippen LogP contribution in [0.15, 0.2) is 18.2 Å². The minimum Gasteiger partial charge on any atom is -0.398 e. The van der Waals surface area contributed by atoms with Crippen LogP contribution in [0.4, 0.5) is 29.3 Å². The molecule has 8 heteroatoms. The van der Waals surface area contributed by atoms with Gasteiger partial charge in [0, 0.05) is 37.6 Å². The molecule has 0 saturated carbocycles. The number of hydrogen-bond donors (Lipinski definition) is 2. The van der Waals surface area contributed by atoms with E-state index in [4.69, 9.17) is 5.73 Å². The van der Waals surface area contributed by atoms with Gasteiger partial charge in [-0.25, -0.2) is 4.79 Å². The molecular weight excluding hydrogens is 285 g/mol. The first-order valence-corrected chi connectivity index (χ1v) is 6.62. The van der Waals surface area contributed by atoms with Crippen LogP contribution in [0.5, 0.6) is 0 Å². The summed E-state index contributed by atoms with van der Waals surface area (Å²) in [7, 11) is 0. The molecule has 0 aromatic heterocycles. The van der Waals surface area contributed by atoms with E-state index in [0.717, 1.165) is 6.07 Å². The van der Waals surface area contributed by atoms with Crippen LogP contribution in [-0.2, 0) is 6.18 Å². The lowest BCUT2D eigenvalue weighted by Crippen LogP contribution is -2.52. The number of rotatable bonds is 1. The van der Waals surface area contributed by atoms with E-state index in [1.54, 1.807) is 11.0 Å². The average Bonchev–Trinajstić information content (AvgIpc) is 2.79. The Morgan fingerprint density at radius 2 is 2.05 bits per heavy atom. The standard InChI is InChI=1S/C13H15F3N4O/c14-13(15,16)10-5-8(1-2-11(10)17)19-3-4-20-9(7-19)6-18-12(20)21/h1-2,5,9H,3-4,6-7,17H2,(H,18,21). The molecule has 0 aliphatic carbocycles. The maximum absolute atomic E-state index is 12.9. The van der Waals surface area contributed by atoms with Crippen molar-refractivity contribution in [3.05, 3.63) is 23.8 Å². The molecular formula is C13H15F3N4O. The zero-order valence-corrected chi connectivity index (χ0v) is 11.2. The highest BCUT2D eigenvalue weighted by atomic mass is 19.4. The number of nitrogens with zero attached hydrogens (tertiary/aromatic N) is 2. The summed E-state index contributed by atoms with van der Waals surface area (Å²) in [5, 5.41) is 2.74. The Labute approximate surface area is 119 Å². The summed E-state index contributed by atoms with van der Waals surface area (Å²) in [4.78, 5) is 15.1. The van der Waals surface area contributed by atoms with Crippen molar-refractivity contribution in [1.29, 1.82) is 0 Å². The number of nitrogens with one attached hydrogen (secondary N) is 1. The van der Waals surface area contributed by atoms with Gasteiger partial charge >= 0.3 is 12.2 Å². The second-order valence-electron chi connectivity index (χ2n) is 5.25. The van der Waals surface area contributed by atoms with Crippen LogP contribution in [0.3, 0.4) is 0 Å². The number of nitrogen functional groups attached to an aromatic ring is 1. The number of halogens is 3. The van der Waals surface area contributed by atoms with Crippen LogP contribution < -0.4 is 16.0 Å². The monoisotopic (exact) mass is 300 g/mol. The van der Waals surface area contributed by atoms with Crippen molar-refractivity contribution in [2.75, 3.05) is 36.8 Å². The van der Waals surface area contributed by atoms with Crippen molar-refractivity contribution in [2.45, 2.75) is 12.2 Å². The highest BCUT2D eigenvalue weighted by Gasteiger charge is 2.37. The number of alkyl halides is 3. The third-order valence-electron chi connectivity index (χ3n) is 3.94. The number of piperazine rings is 1. The number of carbonyl (C=O) groups is 1. The van der Waals surface area contributed by atoms with E-state index in [1.807, 2.05) is 4.90 Å². The smallest absolute Gasteiger partial charge is 0.398 e. The Kier molecular flexibility index (Phi) is 3.11. The maximum Gasteiger partial charge on any atom is 0.418 e. The summed E-state index contributed by atoms with van der Waals surface area (Å²) in [5.74, 6) is 0. The third-order valence-corrected chi connectivity index (χ3v) is 3.94. The summed E-state index contributed by atoms with van der Waals surface area (Å²) in [6.45, 7) is 2.05. The van der Waals surface area contributed by atoms with E-state index < -0.39 is 11.7 Å². The number of urea groups is 1. The molecule has 5 nitrogen and oxygen atoms in total. The van der Waals surface area contributed by atoms with Gasteiger partial charge in [-0.2, -0.15) is 13.2 Å². The van der Waals surface area contributed by atoms with Gasteiger partial charge in [-0.05, 0) is 18.2 Å². The third kappa shape index (κ3) is 2.45. The lowest BCUT2D eigenvalue weighted by molar-refractivity contribution is -0.136. The molecule has 3 rings (SSSR count). The predicted octanol–water partition coefficient (Wildman–Crippen LogP) is 1.50. The van der Waals surface area contributed by atoms with Gasteiger partial charge in [0.1, 0.15) is 0 Å². The number of fused-ring (bicyclic) bond motifs is 1. The molecule has 2 amide bonds. The van der Waals surface area contributed by atoms with Crippen LogP contribution in [0.25, 0.3) is 0 Å². The van der Waals surface area contributed by atoms with E-state index in [0.29, 0.717) is 31.9 Å². The second-order valence-corrected chi connectivity index (χ2v) is 5.25. The summed E-state index contributed by atoms with van der Waals surface area (Å²) in [6.07, 6.45) is -4.47. The second kappa shape index (κ2) is 4.71. The number of nitrogens with two attached hydrogens (primary N) is 1. The lowest BCUT2D eigenvalue weighted by Gasteiger charge is -2.38. The van der Waals surface area contributed by atoms with Gasteiger partial charge in [0.05, 0.1) is 11.6 Å². The Bertz CT molecular complexity index is 575. The lowest BCUT2D eigenvalue weighted by atomic mass is 10.1. The van der Waals surface area contributed by atoms with Crippen LogP contribution in [-0.4, -0.2) is 43.2 Å². The molecule has 2 heterocycles. The molecule has 3 N–H and O–H groups in total. The topological polar surface area (TPSA) is 61.6 Å². The van der Waals surface area contributed by atoms with Gasteiger partial charge in [0.2, 0.25) is 0 Å². The minimum absolute atomic E-state index is 0.00172. The molecule has 1 aromatic carbocycles. The Morgan fingerprint density at radius 3 is 2.76 bits per heavy atom. The summed E-state index contributed by atoms with van der Waals surface area (Å²) >= 11 is 0. The molecule has 2 fully saturated rings. The van der Waals surface area contributed by atoms with E-state index in [1.165, 1.54) is 6.07 Å². The van der Waals surface area contributed by atoms with Gasteiger partial charge in [0.15, 0.2) is 0 Å². The van der Waals surface area contributed by atoms with Crippen molar-refractivity contribution in [1.82, 2.24) is 10.2 Å². The molecule has 0 spiro atoms. The van der Waals surface area contributed by atoms with E-state index in [2.05, 4.69) is 5.32 Å². The minimum atomic E-state index is -4.47. The van der Waals surface area contributed by atoms with Gasteiger partial charge in [-0.3, -0.25) is 0 Å². The highest BCUT2D eigenvalue weighted by Crippen LogP contribution is 2.36. The zero-order valence-electron chi connectivity index (χ0n) is 11.2. The number of amides is 2. The molecule has 1 unspecified atom stereocenters. The van der Waals surface area contributed by atoms with E-state index in [9.17, 15) is 18.0 Å². The van der Waals surface area contributed by atoms with Crippen LogP contribution in [0.2, 0.25) is 0 Å². The maximum atomic E-state index is 12.9. The van der Waals surface area contributed by atoms with E-state index in [-0.39, 0.29) is 17.8 Å². The Hall–Kier alpha value is -2.12.